The summed E-state index contributed by atoms with van der Waals surface area (Å²) in [4.78, 5) is 13.7. The van der Waals surface area contributed by atoms with E-state index in [0.29, 0.717) is 27.1 Å². The van der Waals surface area contributed by atoms with Gasteiger partial charge in [-0.15, -0.1) is 0 Å². The molecule has 3 nitrogen and oxygen atoms in total. The number of allylic oxidation sites excluding steroid dienone is 6. The molecule has 0 bridgehead atoms. The van der Waals surface area contributed by atoms with Gasteiger partial charge in [-0.2, -0.15) is 5.26 Å². The van der Waals surface area contributed by atoms with Gasteiger partial charge in [-0.25, -0.2) is 0 Å². The summed E-state index contributed by atoms with van der Waals surface area (Å²) in [6.45, 7) is 2.11. The van der Waals surface area contributed by atoms with E-state index in [2.05, 4.69) is 36.5 Å². The number of carbonyl (C=O) groups excluding carboxylic acids is 1. The van der Waals surface area contributed by atoms with E-state index in [0.717, 1.165) is 36.0 Å². The van der Waals surface area contributed by atoms with Crippen LogP contribution in [0.3, 0.4) is 0 Å². The maximum atomic E-state index is 13.7. The first-order valence-corrected chi connectivity index (χ1v) is 13.4. The molecule has 5 unspecified atom stereocenters. The predicted molar refractivity (Wildman–Crippen MR) is 146 cm³/mol. The average molecular weight is 538 g/mol. The van der Waals surface area contributed by atoms with Crippen molar-refractivity contribution in [1.29, 1.82) is 5.26 Å². The standard InChI is InChI=1S/C30H27Cl3N2O/c1-18-28-27(21-6-8-22(31)9-7-21)25(24-11-10-23(32)15-26(24)33)12-13-30(28,29(36)35-18)16-19-4-2-3-5-20(14-19)17-34/h3-11,14-15,18,25,27-28H,2,12-13,16H2,1H3,(H,35,36). The van der Waals surface area contributed by atoms with Crippen molar-refractivity contribution in [3.05, 3.63) is 104 Å². The molecule has 5 atom stereocenters. The lowest BCUT2D eigenvalue weighted by Crippen LogP contribution is -2.44. The van der Waals surface area contributed by atoms with Crippen LogP contribution in [-0.4, -0.2) is 11.9 Å². The van der Waals surface area contributed by atoms with Gasteiger partial charge in [0.05, 0.1) is 17.1 Å². The summed E-state index contributed by atoms with van der Waals surface area (Å²) < 4.78 is 0. The highest BCUT2D eigenvalue weighted by atomic mass is 35.5. The minimum atomic E-state index is -0.577. The molecule has 0 radical (unpaired) electrons. The van der Waals surface area contributed by atoms with Gasteiger partial charge in [0.2, 0.25) is 5.91 Å². The van der Waals surface area contributed by atoms with Crippen LogP contribution >= 0.6 is 34.8 Å². The van der Waals surface area contributed by atoms with Crippen molar-refractivity contribution < 1.29 is 4.79 Å². The number of hydrogen-bond donors (Lipinski definition) is 1. The molecule has 36 heavy (non-hydrogen) atoms. The topological polar surface area (TPSA) is 52.9 Å². The predicted octanol–water partition coefficient (Wildman–Crippen LogP) is 8.16. The molecule has 3 aliphatic rings. The number of halogens is 3. The van der Waals surface area contributed by atoms with E-state index >= 15 is 0 Å². The van der Waals surface area contributed by atoms with E-state index in [1.54, 1.807) is 6.07 Å². The lowest BCUT2D eigenvalue weighted by Gasteiger charge is -2.48. The smallest absolute Gasteiger partial charge is 0.227 e. The van der Waals surface area contributed by atoms with Crippen molar-refractivity contribution in [1.82, 2.24) is 5.32 Å². The van der Waals surface area contributed by atoms with E-state index in [1.807, 2.05) is 42.5 Å². The lowest BCUT2D eigenvalue weighted by molar-refractivity contribution is -0.131. The highest BCUT2D eigenvalue weighted by Crippen LogP contribution is 2.61. The number of fused-ring (bicyclic) bond motifs is 1. The molecule has 6 heteroatoms. The fourth-order valence-electron chi connectivity index (χ4n) is 6.69. The SMILES string of the molecule is CC1NC(=O)C2(CC3=CCC=CC(C#N)=C3)CCC(c3ccc(Cl)cc3Cl)C(c3ccc(Cl)cc3)C12. The minimum Gasteiger partial charge on any atom is -0.353 e. The third kappa shape index (κ3) is 4.52. The number of amides is 1. The van der Waals surface area contributed by atoms with Crippen LogP contribution < -0.4 is 5.32 Å². The van der Waals surface area contributed by atoms with Crippen LogP contribution in [-0.2, 0) is 4.79 Å². The van der Waals surface area contributed by atoms with Crippen molar-refractivity contribution >= 4 is 40.7 Å². The van der Waals surface area contributed by atoms with Gasteiger partial charge in [-0.3, -0.25) is 4.79 Å². The normalized spacial score (nSPS) is 29.5. The summed E-state index contributed by atoms with van der Waals surface area (Å²) in [7, 11) is 0. The van der Waals surface area contributed by atoms with Crippen LogP contribution in [0.4, 0.5) is 0 Å². The molecule has 0 aromatic heterocycles. The number of nitrogens with one attached hydrogen (secondary N) is 1. The van der Waals surface area contributed by atoms with Gasteiger partial charge in [0.25, 0.3) is 0 Å². The Kier molecular flexibility index (Phi) is 7.05. The zero-order valence-electron chi connectivity index (χ0n) is 20.0. The fraction of sp³-hybridized carbons (Fsp3) is 0.333. The molecule has 1 amide bonds. The Morgan fingerprint density at radius 3 is 2.58 bits per heavy atom. The van der Waals surface area contributed by atoms with Gasteiger partial charge in [0, 0.05) is 27.0 Å². The van der Waals surface area contributed by atoms with Crippen molar-refractivity contribution in [2.75, 3.05) is 0 Å². The Bertz CT molecular complexity index is 1320. The number of benzene rings is 2. The first-order valence-electron chi connectivity index (χ1n) is 12.3. The van der Waals surface area contributed by atoms with E-state index in [1.165, 1.54) is 0 Å². The molecule has 1 saturated heterocycles. The third-order valence-electron chi connectivity index (χ3n) is 8.13. The molecule has 2 aromatic carbocycles. The Balaban J connectivity index is 1.63. The maximum absolute atomic E-state index is 13.7. The Hall–Kier alpha value is -2.51. The van der Waals surface area contributed by atoms with E-state index in [9.17, 15) is 10.1 Å². The van der Waals surface area contributed by atoms with Crippen LogP contribution in [0.15, 0.2) is 77.9 Å². The van der Waals surface area contributed by atoms with E-state index in [-0.39, 0.29) is 29.7 Å². The van der Waals surface area contributed by atoms with Crippen LogP contribution in [0.5, 0.6) is 0 Å². The molecule has 0 spiro atoms. The van der Waals surface area contributed by atoms with Crippen molar-refractivity contribution in [2.24, 2.45) is 11.3 Å². The molecular weight excluding hydrogens is 511 g/mol. The van der Waals surface area contributed by atoms with Crippen LogP contribution in [0.25, 0.3) is 0 Å². The molecule has 5 rings (SSSR count). The molecule has 1 heterocycles. The van der Waals surface area contributed by atoms with Gasteiger partial charge in [-0.1, -0.05) is 65.2 Å². The summed E-state index contributed by atoms with van der Waals surface area (Å²) in [5, 5.41) is 14.8. The zero-order valence-corrected chi connectivity index (χ0v) is 22.2. The second-order valence-electron chi connectivity index (χ2n) is 10.1. The van der Waals surface area contributed by atoms with Crippen LogP contribution in [0, 0.1) is 22.7 Å². The van der Waals surface area contributed by atoms with Gasteiger partial charge >= 0.3 is 0 Å². The van der Waals surface area contributed by atoms with Crippen molar-refractivity contribution in [3.63, 3.8) is 0 Å². The van der Waals surface area contributed by atoms with Crippen molar-refractivity contribution in [2.45, 2.75) is 50.5 Å². The summed E-state index contributed by atoms with van der Waals surface area (Å²) in [6, 6.07) is 16.0. The number of hydrogen-bond acceptors (Lipinski definition) is 2. The first kappa shape index (κ1) is 25.2. The number of nitrogens with zero attached hydrogens (tertiary/aromatic N) is 1. The molecular formula is C30H27Cl3N2O. The Labute approximate surface area is 227 Å². The quantitative estimate of drug-likeness (QED) is 0.428. The number of carbonyl (C=O) groups is 1. The molecule has 184 valence electrons. The Morgan fingerprint density at radius 1 is 1.11 bits per heavy atom. The first-order chi connectivity index (χ1) is 17.3. The van der Waals surface area contributed by atoms with Gasteiger partial charge in [0.15, 0.2) is 0 Å². The van der Waals surface area contributed by atoms with Gasteiger partial charge in [-0.05, 0) is 97.6 Å². The lowest BCUT2D eigenvalue weighted by atomic mass is 9.53. The molecule has 2 aromatic rings. The summed E-state index contributed by atoms with van der Waals surface area (Å²) >= 11 is 19.2. The van der Waals surface area contributed by atoms with Crippen molar-refractivity contribution in [3.8, 4) is 6.07 Å². The average Bonchev–Trinajstić information content (AvgIpc) is 2.99. The summed E-state index contributed by atoms with van der Waals surface area (Å²) in [5.41, 5.74) is 3.30. The highest BCUT2D eigenvalue weighted by molar-refractivity contribution is 6.35. The molecule has 1 aliphatic heterocycles. The van der Waals surface area contributed by atoms with Gasteiger partial charge in [0.1, 0.15) is 0 Å². The van der Waals surface area contributed by atoms with Crippen LogP contribution in [0.1, 0.15) is 55.6 Å². The molecule has 2 fully saturated rings. The largest absolute Gasteiger partial charge is 0.353 e. The highest BCUT2D eigenvalue weighted by Gasteiger charge is 2.60. The van der Waals surface area contributed by atoms with E-state index in [4.69, 9.17) is 34.8 Å². The maximum Gasteiger partial charge on any atom is 0.227 e. The van der Waals surface area contributed by atoms with Gasteiger partial charge < -0.3 is 5.32 Å². The van der Waals surface area contributed by atoms with E-state index < -0.39 is 5.41 Å². The Morgan fingerprint density at radius 2 is 1.86 bits per heavy atom. The third-order valence-corrected chi connectivity index (χ3v) is 8.94. The molecule has 1 saturated carbocycles. The minimum absolute atomic E-state index is 0.0176. The molecule has 1 N–H and O–H groups in total. The van der Waals surface area contributed by atoms with Crippen LogP contribution in [0.2, 0.25) is 15.1 Å². The molecule has 2 aliphatic carbocycles. The summed E-state index contributed by atoms with van der Waals surface area (Å²) in [6.07, 6.45) is 10.8. The number of nitriles is 1. The monoisotopic (exact) mass is 536 g/mol. The fourth-order valence-corrected chi connectivity index (χ4v) is 7.36. The zero-order chi connectivity index (χ0) is 25.4. The summed E-state index contributed by atoms with van der Waals surface area (Å²) in [5.74, 6) is 0.309. The second kappa shape index (κ2) is 10.1. The second-order valence-corrected chi connectivity index (χ2v) is 11.4. The number of rotatable bonds is 4.